The van der Waals surface area contributed by atoms with Crippen molar-refractivity contribution in [2.75, 3.05) is 11.9 Å². The molecule has 17 heavy (non-hydrogen) atoms. The molecule has 0 saturated carbocycles. The molecule has 1 N–H and O–H groups in total. The number of anilines is 1. The lowest BCUT2D eigenvalue weighted by molar-refractivity contribution is -0.120. The smallest absolute Gasteiger partial charge is 0.244 e. The predicted octanol–water partition coefficient (Wildman–Crippen LogP) is 1.50. The molecule has 0 spiro atoms. The summed E-state index contributed by atoms with van der Waals surface area (Å²) in [6.07, 6.45) is 2.88. The van der Waals surface area contributed by atoms with Gasteiger partial charge in [0, 0.05) is 6.04 Å². The van der Waals surface area contributed by atoms with Crippen molar-refractivity contribution in [3.63, 3.8) is 0 Å². The van der Waals surface area contributed by atoms with E-state index in [1.165, 1.54) is 16.8 Å². The molecule has 1 amide bonds. The van der Waals surface area contributed by atoms with Crippen LogP contribution in [0.3, 0.4) is 0 Å². The Balaban J connectivity index is 2.13. The Bertz CT molecular complexity index is 469. The van der Waals surface area contributed by atoms with Gasteiger partial charge in [-0.15, -0.1) is 0 Å². The minimum atomic E-state index is -0.0317. The lowest BCUT2D eigenvalue weighted by Gasteiger charge is -2.25. The van der Waals surface area contributed by atoms with Crippen LogP contribution in [0.4, 0.5) is 5.69 Å². The summed E-state index contributed by atoms with van der Waals surface area (Å²) in [5.41, 5.74) is 3.86. The second-order valence-corrected chi connectivity index (χ2v) is 5.07. The summed E-state index contributed by atoms with van der Waals surface area (Å²) in [5.74, 6) is 0.240. The van der Waals surface area contributed by atoms with E-state index in [4.69, 9.17) is 0 Å². The highest BCUT2D eigenvalue weighted by Gasteiger charge is 2.37. The predicted molar refractivity (Wildman–Crippen MR) is 68.3 cm³/mol. The molecule has 0 fully saturated rings. The average molecular weight is 230 g/mol. The molecule has 0 aromatic heterocycles. The summed E-state index contributed by atoms with van der Waals surface area (Å²) in [7, 11) is 1.88. The monoisotopic (exact) mass is 230 g/mol. The fourth-order valence-corrected chi connectivity index (χ4v) is 3.14. The van der Waals surface area contributed by atoms with Crippen molar-refractivity contribution in [1.29, 1.82) is 0 Å². The third-order valence-electron chi connectivity index (χ3n) is 3.99. The largest absolute Gasteiger partial charge is 0.309 e. The maximum absolute atomic E-state index is 12.5. The summed E-state index contributed by atoms with van der Waals surface area (Å²) in [6, 6.07) is 6.70. The van der Waals surface area contributed by atoms with Crippen molar-refractivity contribution in [2.24, 2.45) is 0 Å². The number of aryl methyl sites for hydroxylation is 1. The van der Waals surface area contributed by atoms with E-state index < -0.39 is 0 Å². The van der Waals surface area contributed by atoms with Gasteiger partial charge in [0.2, 0.25) is 5.91 Å². The molecule has 2 aliphatic heterocycles. The molecular formula is C14H18N2O. The summed E-state index contributed by atoms with van der Waals surface area (Å²) in [4.78, 5) is 14.5. The van der Waals surface area contributed by atoms with E-state index >= 15 is 0 Å². The number of amides is 1. The molecular weight excluding hydrogens is 212 g/mol. The fraction of sp³-hybridized carbons (Fsp3) is 0.500. The van der Waals surface area contributed by atoms with Gasteiger partial charge in [-0.25, -0.2) is 0 Å². The van der Waals surface area contributed by atoms with Gasteiger partial charge in [0.1, 0.15) is 0 Å². The molecule has 0 bridgehead atoms. The van der Waals surface area contributed by atoms with E-state index in [0.717, 1.165) is 19.3 Å². The first-order chi connectivity index (χ1) is 8.22. The number of nitrogens with zero attached hydrogens (tertiary/aromatic N) is 1. The maximum Gasteiger partial charge on any atom is 0.244 e. The zero-order valence-corrected chi connectivity index (χ0v) is 10.4. The van der Waals surface area contributed by atoms with E-state index in [9.17, 15) is 4.79 Å². The number of carbonyl (C=O) groups excluding carboxylic acids is 1. The molecule has 1 unspecified atom stereocenters. The van der Waals surface area contributed by atoms with E-state index in [2.05, 4.69) is 30.4 Å². The number of nitrogens with one attached hydrogen (secondary N) is 1. The van der Waals surface area contributed by atoms with Gasteiger partial charge in [-0.1, -0.05) is 18.2 Å². The summed E-state index contributed by atoms with van der Waals surface area (Å²) < 4.78 is 0. The van der Waals surface area contributed by atoms with E-state index in [1.54, 1.807) is 0 Å². The minimum absolute atomic E-state index is 0.0317. The maximum atomic E-state index is 12.5. The van der Waals surface area contributed by atoms with E-state index in [0.29, 0.717) is 6.04 Å². The highest BCUT2D eigenvalue weighted by atomic mass is 16.2. The molecule has 1 aromatic carbocycles. The van der Waals surface area contributed by atoms with Gasteiger partial charge in [0.15, 0.2) is 0 Å². The van der Waals surface area contributed by atoms with Gasteiger partial charge in [-0.05, 0) is 44.4 Å². The minimum Gasteiger partial charge on any atom is -0.309 e. The van der Waals surface area contributed by atoms with Crippen LogP contribution in [-0.4, -0.2) is 25.0 Å². The average Bonchev–Trinajstić information content (AvgIpc) is 2.57. The number of hydrogen-bond acceptors (Lipinski definition) is 2. The van der Waals surface area contributed by atoms with Crippen LogP contribution in [0, 0.1) is 0 Å². The molecule has 2 heterocycles. The first-order valence-electron chi connectivity index (χ1n) is 6.33. The lowest BCUT2D eigenvalue weighted by Crippen LogP contribution is -2.46. The zero-order chi connectivity index (χ0) is 12.0. The van der Waals surface area contributed by atoms with Crippen molar-refractivity contribution in [1.82, 2.24) is 5.32 Å². The van der Waals surface area contributed by atoms with Gasteiger partial charge in [-0.3, -0.25) is 4.79 Å². The third-order valence-corrected chi connectivity index (χ3v) is 3.99. The molecule has 90 valence electrons. The molecule has 2 atom stereocenters. The first-order valence-corrected chi connectivity index (χ1v) is 6.33. The number of carbonyl (C=O) groups is 1. The summed E-state index contributed by atoms with van der Waals surface area (Å²) in [5, 5.41) is 3.15. The molecule has 0 saturated heterocycles. The summed E-state index contributed by atoms with van der Waals surface area (Å²) >= 11 is 0. The first kappa shape index (κ1) is 10.8. The molecule has 3 rings (SSSR count). The van der Waals surface area contributed by atoms with Gasteiger partial charge >= 0.3 is 0 Å². The molecule has 1 aromatic rings. The van der Waals surface area contributed by atoms with Crippen LogP contribution in [0.25, 0.3) is 0 Å². The standard InChI is InChI=1S/C14H18N2O/c1-9-8-11-5-3-4-10-6-7-12(15-2)14(17)16(9)13(10)11/h3-5,9,12,15H,6-8H2,1-2H3/t9-,12?/m1/s1. The Morgan fingerprint density at radius 3 is 2.88 bits per heavy atom. The second kappa shape index (κ2) is 3.84. The van der Waals surface area contributed by atoms with Crippen LogP contribution in [0.1, 0.15) is 24.5 Å². The van der Waals surface area contributed by atoms with Crippen LogP contribution < -0.4 is 10.2 Å². The number of likely N-dealkylation sites (N-methyl/N-ethyl adjacent to an activating group) is 1. The van der Waals surface area contributed by atoms with Crippen molar-refractivity contribution in [2.45, 2.75) is 38.3 Å². The number of rotatable bonds is 1. The number of hydrogen-bond donors (Lipinski definition) is 1. The molecule has 2 aliphatic rings. The molecule has 3 heteroatoms. The van der Waals surface area contributed by atoms with Gasteiger partial charge in [-0.2, -0.15) is 0 Å². The quantitative estimate of drug-likeness (QED) is 0.793. The van der Waals surface area contributed by atoms with Crippen LogP contribution in [-0.2, 0) is 17.6 Å². The molecule has 0 radical (unpaired) electrons. The third kappa shape index (κ3) is 1.49. The highest BCUT2D eigenvalue weighted by Crippen LogP contribution is 2.38. The second-order valence-electron chi connectivity index (χ2n) is 5.07. The van der Waals surface area contributed by atoms with Gasteiger partial charge < -0.3 is 10.2 Å². The summed E-state index contributed by atoms with van der Waals surface area (Å²) in [6.45, 7) is 2.14. The van der Waals surface area contributed by atoms with Gasteiger partial charge in [0.05, 0.1) is 11.7 Å². The molecule has 0 aliphatic carbocycles. The molecule has 3 nitrogen and oxygen atoms in total. The SMILES string of the molecule is CNC1CCc2cccc3c2N(C1=O)[C@H](C)C3. The van der Waals surface area contributed by atoms with Crippen LogP contribution in [0.5, 0.6) is 0 Å². The topological polar surface area (TPSA) is 32.3 Å². The van der Waals surface area contributed by atoms with Crippen molar-refractivity contribution >= 4 is 11.6 Å². The Hall–Kier alpha value is -1.35. The van der Waals surface area contributed by atoms with Crippen LogP contribution in [0.2, 0.25) is 0 Å². The normalized spacial score (nSPS) is 26.9. The Kier molecular flexibility index (Phi) is 2.44. The number of benzene rings is 1. The van der Waals surface area contributed by atoms with Crippen molar-refractivity contribution in [3.05, 3.63) is 29.3 Å². The van der Waals surface area contributed by atoms with Crippen molar-refractivity contribution in [3.8, 4) is 0 Å². The highest BCUT2D eigenvalue weighted by molar-refractivity contribution is 6.01. The lowest BCUT2D eigenvalue weighted by atomic mass is 10.0. The number of para-hydroxylation sites is 1. The Labute approximate surface area is 102 Å². The van der Waals surface area contributed by atoms with E-state index in [1.807, 2.05) is 11.9 Å². The van der Waals surface area contributed by atoms with Crippen LogP contribution in [0.15, 0.2) is 18.2 Å². The van der Waals surface area contributed by atoms with Crippen LogP contribution >= 0.6 is 0 Å². The Morgan fingerprint density at radius 2 is 2.12 bits per heavy atom. The van der Waals surface area contributed by atoms with Gasteiger partial charge in [0.25, 0.3) is 0 Å². The zero-order valence-electron chi connectivity index (χ0n) is 10.4. The fourth-order valence-electron chi connectivity index (χ4n) is 3.14. The van der Waals surface area contributed by atoms with E-state index in [-0.39, 0.29) is 11.9 Å². The Morgan fingerprint density at radius 1 is 1.35 bits per heavy atom. The van der Waals surface area contributed by atoms with Crippen molar-refractivity contribution < 1.29 is 4.79 Å².